The van der Waals surface area contributed by atoms with Gasteiger partial charge in [0, 0.05) is 12.6 Å². The quantitative estimate of drug-likeness (QED) is 0.794. The second-order valence-electron chi connectivity index (χ2n) is 3.36. The number of rotatable bonds is 3. The van der Waals surface area contributed by atoms with Crippen molar-refractivity contribution in [3.05, 3.63) is 29.8 Å². The highest BCUT2D eigenvalue weighted by Gasteiger charge is 2.12. The summed E-state index contributed by atoms with van der Waals surface area (Å²) in [7, 11) is 0. The van der Waals surface area contributed by atoms with Crippen LogP contribution in [0.15, 0.2) is 24.3 Å². The minimum absolute atomic E-state index is 0.144. The third kappa shape index (κ3) is 3.09. The number of carbonyl (C=O) groups excluding carboxylic acids is 1. The molecule has 80 valence electrons. The first-order valence-electron chi connectivity index (χ1n) is 4.61. The van der Waals surface area contributed by atoms with Crippen LogP contribution in [0.4, 0.5) is 5.69 Å². The van der Waals surface area contributed by atoms with Gasteiger partial charge in [0.25, 0.3) is 0 Å². The number of carbonyl (C=O) groups is 2. The van der Waals surface area contributed by atoms with Crippen LogP contribution in [0.25, 0.3) is 0 Å². The number of carboxylic acids is 1. The second kappa shape index (κ2) is 4.59. The number of hydrogen-bond acceptors (Lipinski definition) is 2. The summed E-state index contributed by atoms with van der Waals surface area (Å²) in [4.78, 5) is 21.4. The number of anilines is 1. The van der Waals surface area contributed by atoms with Crippen LogP contribution in [0.5, 0.6) is 0 Å². The zero-order valence-electron chi connectivity index (χ0n) is 8.65. The van der Waals surface area contributed by atoms with E-state index in [1.54, 1.807) is 31.2 Å². The summed E-state index contributed by atoms with van der Waals surface area (Å²) in [6, 6.07) is 6.78. The Morgan fingerprint density at radius 1 is 1.27 bits per heavy atom. The first kappa shape index (κ1) is 11.2. The van der Waals surface area contributed by atoms with Gasteiger partial charge in [0.05, 0.1) is 5.92 Å². The maximum Gasteiger partial charge on any atom is 0.310 e. The molecule has 0 aliphatic carbocycles. The Morgan fingerprint density at radius 3 is 2.20 bits per heavy atom. The van der Waals surface area contributed by atoms with E-state index in [9.17, 15) is 9.59 Å². The fourth-order valence-electron chi connectivity index (χ4n) is 1.20. The summed E-state index contributed by atoms with van der Waals surface area (Å²) in [6.45, 7) is 3.05. The molecule has 4 heteroatoms. The van der Waals surface area contributed by atoms with Crippen LogP contribution in [-0.2, 0) is 9.59 Å². The molecule has 1 atom stereocenters. The van der Waals surface area contributed by atoms with E-state index in [2.05, 4.69) is 5.32 Å². The van der Waals surface area contributed by atoms with Crippen molar-refractivity contribution in [2.75, 3.05) is 5.32 Å². The van der Waals surface area contributed by atoms with E-state index in [4.69, 9.17) is 5.11 Å². The monoisotopic (exact) mass is 207 g/mol. The largest absolute Gasteiger partial charge is 0.481 e. The Kier molecular flexibility index (Phi) is 3.44. The molecule has 0 aliphatic heterocycles. The van der Waals surface area contributed by atoms with Gasteiger partial charge in [-0.1, -0.05) is 12.1 Å². The van der Waals surface area contributed by atoms with Crippen molar-refractivity contribution >= 4 is 17.6 Å². The molecule has 0 spiro atoms. The van der Waals surface area contributed by atoms with E-state index in [0.29, 0.717) is 5.69 Å². The third-order valence-electron chi connectivity index (χ3n) is 2.10. The molecule has 1 aromatic rings. The lowest BCUT2D eigenvalue weighted by molar-refractivity contribution is -0.138. The van der Waals surface area contributed by atoms with Gasteiger partial charge in [-0.05, 0) is 24.6 Å². The predicted molar refractivity (Wildman–Crippen MR) is 56.8 cm³/mol. The first-order chi connectivity index (χ1) is 7.00. The number of carboxylic acid groups (broad SMARTS) is 1. The van der Waals surface area contributed by atoms with Gasteiger partial charge in [-0.2, -0.15) is 0 Å². The van der Waals surface area contributed by atoms with Gasteiger partial charge in [0.2, 0.25) is 5.91 Å². The summed E-state index contributed by atoms with van der Waals surface area (Å²) in [5.41, 5.74) is 1.39. The van der Waals surface area contributed by atoms with Gasteiger partial charge in [0.1, 0.15) is 0 Å². The topological polar surface area (TPSA) is 66.4 Å². The molecule has 0 aliphatic rings. The number of hydrogen-bond donors (Lipinski definition) is 2. The fraction of sp³-hybridized carbons (Fsp3) is 0.273. The normalized spacial score (nSPS) is 11.9. The average Bonchev–Trinajstić information content (AvgIpc) is 2.17. The highest BCUT2D eigenvalue weighted by molar-refractivity contribution is 5.88. The van der Waals surface area contributed by atoms with Crippen molar-refractivity contribution in [1.29, 1.82) is 0 Å². The molecule has 4 nitrogen and oxygen atoms in total. The summed E-state index contributed by atoms with van der Waals surface area (Å²) < 4.78 is 0. The zero-order chi connectivity index (χ0) is 11.4. The van der Waals surface area contributed by atoms with Crippen molar-refractivity contribution in [3.8, 4) is 0 Å². The highest BCUT2D eigenvalue weighted by atomic mass is 16.4. The van der Waals surface area contributed by atoms with Crippen molar-refractivity contribution in [2.24, 2.45) is 0 Å². The Balaban J connectivity index is 2.80. The van der Waals surface area contributed by atoms with Crippen LogP contribution < -0.4 is 5.32 Å². The first-order valence-corrected chi connectivity index (χ1v) is 4.61. The summed E-state index contributed by atoms with van der Waals surface area (Å²) >= 11 is 0. The molecular formula is C11H13NO3. The van der Waals surface area contributed by atoms with Gasteiger partial charge in [-0.3, -0.25) is 9.59 Å². The van der Waals surface area contributed by atoms with Crippen LogP contribution in [0.1, 0.15) is 25.3 Å². The molecule has 0 aromatic heterocycles. The lowest BCUT2D eigenvalue weighted by Crippen LogP contribution is -2.08. The summed E-state index contributed by atoms with van der Waals surface area (Å²) in [5, 5.41) is 11.4. The van der Waals surface area contributed by atoms with Crippen molar-refractivity contribution in [3.63, 3.8) is 0 Å². The minimum atomic E-state index is -0.859. The van der Waals surface area contributed by atoms with Crippen LogP contribution in [0.3, 0.4) is 0 Å². The molecule has 0 saturated carbocycles. The molecule has 2 N–H and O–H groups in total. The molecule has 0 fully saturated rings. The fourth-order valence-corrected chi connectivity index (χ4v) is 1.20. The standard InChI is InChI=1S/C11H13NO3/c1-7(11(14)15)9-3-5-10(6-4-9)12-8(2)13/h3-7H,1-2H3,(H,12,13)(H,14,15)/t7-/m1/s1. The third-order valence-corrected chi connectivity index (χ3v) is 2.10. The summed E-state index contributed by atoms with van der Waals surface area (Å²) in [5.74, 6) is -1.53. The molecule has 0 bridgehead atoms. The van der Waals surface area contributed by atoms with E-state index in [1.807, 2.05) is 0 Å². The smallest absolute Gasteiger partial charge is 0.310 e. The van der Waals surface area contributed by atoms with E-state index in [-0.39, 0.29) is 5.91 Å². The van der Waals surface area contributed by atoms with Crippen LogP contribution >= 0.6 is 0 Å². The second-order valence-corrected chi connectivity index (χ2v) is 3.36. The molecule has 0 unspecified atom stereocenters. The predicted octanol–water partition coefficient (Wildman–Crippen LogP) is 1.83. The molecule has 1 aromatic carbocycles. The van der Waals surface area contributed by atoms with Gasteiger partial charge in [-0.15, -0.1) is 0 Å². The molecule has 1 rings (SSSR count). The van der Waals surface area contributed by atoms with E-state index >= 15 is 0 Å². The van der Waals surface area contributed by atoms with Gasteiger partial charge in [-0.25, -0.2) is 0 Å². The lowest BCUT2D eigenvalue weighted by atomic mass is 10.0. The molecule has 1 amide bonds. The molecular weight excluding hydrogens is 194 g/mol. The number of benzene rings is 1. The minimum Gasteiger partial charge on any atom is -0.481 e. The Morgan fingerprint density at radius 2 is 1.80 bits per heavy atom. The maximum absolute atomic E-state index is 10.7. The Hall–Kier alpha value is -1.84. The highest BCUT2D eigenvalue weighted by Crippen LogP contribution is 2.17. The molecule has 15 heavy (non-hydrogen) atoms. The van der Waals surface area contributed by atoms with Crippen molar-refractivity contribution < 1.29 is 14.7 Å². The van der Waals surface area contributed by atoms with Crippen molar-refractivity contribution in [1.82, 2.24) is 0 Å². The average molecular weight is 207 g/mol. The number of aliphatic carboxylic acids is 1. The molecule has 0 radical (unpaired) electrons. The van der Waals surface area contributed by atoms with E-state index in [1.165, 1.54) is 6.92 Å². The number of nitrogens with one attached hydrogen (secondary N) is 1. The Bertz CT molecular complexity index is 370. The van der Waals surface area contributed by atoms with Gasteiger partial charge in [0.15, 0.2) is 0 Å². The summed E-state index contributed by atoms with van der Waals surface area (Å²) in [6.07, 6.45) is 0. The van der Waals surface area contributed by atoms with Crippen LogP contribution in [0.2, 0.25) is 0 Å². The zero-order valence-corrected chi connectivity index (χ0v) is 8.65. The molecule has 0 saturated heterocycles. The van der Waals surface area contributed by atoms with Crippen LogP contribution in [0, 0.1) is 0 Å². The van der Waals surface area contributed by atoms with Crippen LogP contribution in [-0.4, -0.2) is 17.0 Å². The van der Waals surface area contributed by atoms with Crippen molar-refractivity contribution in [2.45, 2.75) is 19.8 Å². The maximum atomic E-state index is 10.7. The van der Waals surface area contributed by atoms with Gasteiger partial charge < -0.3 is 10.4 Å². The van der Waals surface area contributed by atoms with E-state index < -0.39 is 11.9 Å². The molecule has 0 heterocycles. The Labute approximate surface area is 87.9 Å². The SMILES string of the molecule is CC(=O)Nc1ccc([C@@H](C)C(=O)O)cc1. The van der Waals surface area contributed by atoms with E-state index in [0.717, 1.165) is 5.56 Å². The lowest BCUT2D eigenvalue weighted by Gasteiger charge is -2.07. The van der Waals surface area contributed by atoms with Gasteiger partial charge >= 0.3 is 5.97 Å². The number of amides is 1.